The van der Waals surface area contributed by atoms with Gasteiger partial charge in [-0.25, -0.2) is 9.78 Å². The molecular formula is C20H23N7O. The number of aromatic amines is 1. The number of pyridine rings is 1. The fraction of sp³-hybridized carbons (Fsp3) is 0.300. The number of nitrogens with one attached hydrogen (secondary N) is 2. The molecule has 0 aliphatic carbocycles. The van der Waals surface area contributed by atoms with Gasteiger partial charge in [0.15, 0.2) is 0 Å². The largest absolute Gasteiger partial charge is 0.325 e. The third-order valence-electron chi connectivity index (χ3n) is 4.81. The topological polar surface area (TPSA) is 89.5 Å². The molecule has 0 bridgehead atoms. The van der Waals surface area contributed by atoms with E-state index in [1.54, 1.807) is 11.1 Å². The number of fused-ring (bicyclic) bond motifs is 1. The summed E-state index contributed by atoms with van der Waals surface area (Å²) in [6.07, 6.45) is 6.39. The molecule has 3 aromatic rings. The minimum Gasteiger partial charge on any atom is -0.325 e. The van der Waals surface area contributed by atoms with Gasteiger partial charge in [-0.3, -0.25) is 15.3 Å². The van der Waals surface area contributed by atoms with Gasteiger partial charge in [0.05, 0.1) is 16.7 Å². The van der Waals surface area contributed by atoms with Crippen LogP contribution in [0.5, 0.6) is 0 Å². The molecule has 2 aromatic heterocycles. The van der Waals surface area contributed by atoms with Gasteiger partial charge in [0.25, 0.3) is 0 Å². The minimum absolute atomic E-state index is 0.169. The van der Waals surface area contributed by atoms with Gasteiger partial charge in [-0.1, -0.05) is 6.07 Å². The first-order valence-corrected chi connectivity index (χ1v) is 9.49. The molecule has 144 valence electrons. The van der Waals surface area contributed by atoms with Crippen LogP contribution in [0.25, 0.3) is 22.2 Å². The van der Waals surface area contributed by atoms with Gasteiger partial charge in [0.1, 0.15) is 0 Å². The maximum Gasteiger partial charge on any atom is 0.324 e. The lowest BCUT2D eigenvalue weighted by atomic mass is 10.1. The van der Waals surface area contributed by atoms with Gasteiger partial charge in [-0.2, -0.15) is 5.10 Å². The molecule has 0 radical (unpaired) electrons. The van der Waals surface area contributed by atoms with E-state index in [4.69, 9.17) is 0 Å². The normalized spacial score (nSPS) is 13.3. The van der Waals surface area contributed by atoms with Gasteiger partial charge >= 0.3 is 6.03 Å². The highest BCUT2D eigenvalue weighted by atomic mass is 16.2. The number of urea groups is 1. The van der Waals surface area contributed by atoms with Crippen LogP contribution in [0.4, 0.5) is 16.4 Å². The fourth-order valence-electron chi connectivity index (χ4n) is 3.33. The molecule has 0 atom stereocenters. The molecular weight excluding hydrogens is 354 g/mol. The van der Waals surface area contributed by atoms with Crippen LogP contribution in [0.1, 0.15) is 20.3 Å². The van der Waals surface area contributed by atoms with Gasteiger partial charge in [0.2, 0.25) is 5.95 Å². The molecule has 0 spiro atoms. The van der Waals surface area contributed by atoms with E-state index in [1.165, 1.54) is 0 Å². The first kappa shape index (κ1) is 18.0. The predicted octanol–water partition coefficient (Wildman–Crippen LogP) is 3.69. The smallest absolute Gasteiger partial charge is 0.324 e. The van der Waals surface area contributed by atoms with Gasteiger partial charge < -0.3 is 9.88 Å². The van der Waals surface area contributed by atoms with Crippen LogP contribution in [0.3, 0.4) is 0 Å². The van der Waals surface area contributed by atoms with Crippen molar-refractivity contribution < 1.29 is 4.79 Å². The van der Waals surface area contributed by atoms with Crippen LogP contribution >= 0.6 is 0 Å². The lowest BCUT2D eigenvalue weighted by Crippen LogP contribution is -2.34. The maximum absolute atomic E-state index is 12.4. The number of carbonyl (C=O) groups is 1. The number of H-pyrrole nitrogens is 1. The summed E-state index contributed by atoms with van der Waals surface area (Å²) in [4.78, 5) is 26.2. The first-order chi connectivity index (χ1) is 13.7. The minimum atomic E-state index is -0.169. The summed E-state index contributed by atoms with van der Waals surface area (Å²) < 4.78 is 0. The van der Waals surface area contributed by atoms with Crippen molar-refractivity contribution in [3.63, 3.8) is 0 Å². The second-order valence-electron chi connectivity index (χ2n) is 6.53. The third-order valence-corrected chi connectivity index (χ3v) is 4.81. The summed E-state index contributed by atoms with van der Waals surface area (Å²) in [5.41, 5.74) is 4.56. The van der Waals surface area contributed by atoms with Crippen LogP contribution in [0.15, 0.2) is 41.8 Å². The molecule has 0 unspecified atom stereocenters. The van der Waals surface area contributed by atoms with Crippen molar-refractivity contribution in [2.75, 3.05) is 30.0 Å². The average Bonchev–Trinajstić information content (AvgIpc) is 3.38. The lowest BCUT2D eigenvalue weighted by Gasteiger charge is -2.18. The highest BCUT2D eigenvalue weighted by molar-refractivity contribution is 5.97. The Morgan fingerprint density at radius 2 is 2.14 bits per heavy atom. The van der Waals surface area contributed by atoms with E-state index in [9.17, 15) is 4.79 Å². The molecule has 0 saturated heterocycles. The Morgan fingerprint density at radius 1 is 1.29 bits per heavy atom. The molecule has 3 heterocycles. The third kappa shape index (κ3) is 3.40. The van der Waals surface area contributed by atoms with E-state index in [0.717, 1.165) is 40.8 Å². The maximum atomic E-state index is 12.4. The van der Waals surface area contributed by atoms with Crippen LogP contribution in [0, 0.1) is 0 Å². The van der Waals surface area contributed by atoms with Gasteiger partial charge in [-0.15, -0.1) is 0 Å². The Morgan fingerprint density at radius 3 is 2.82 bits per heavy atom. The van der Waals surface area contributed by atoms with E-state index in [-0.39, 0.29) is 6.03 Å². The molecule has 0 fully saturated rings. The number of carbonyl (C=O) groups excluding carboxylic acids is 1. The zero-order valence-corrected chi connectivity index (χ0v) is 16.0. The second kappa shape index (κ2) is 7.67. The first-order valence-electron chi connectivity index (χ1n) is 9.49. The quantitative estimate of drug-likeness (QED) is 0.709. The Hall–Kier alpha value is -3.42. The number of rotatable bonds is 5. The molecule has 1 aliphatic rings. The van der Waals surface area contributed by atoms with Crippen molar-refractivity contribution in [1.29, 1.82) is 0 Å². The number of hydrogen-bond acceptors (Lipinski definition) is 5. The zero-order valence-electron chi connectivity index (χ0n) is 16.0. The summed E-state index contributed by atoms with van der Waals surface area (Å²) in [7, 11) is 0. The van der Waals surface area contributed by atoms with Crippen molar-refractivity contribution in [3.8, 4) is 11.1 Å². The highest BCUT2D eigenvalue weighted by Gasteiger charge is 2.19. The van der Waals surface area contributed by atoms with Crippen molar-refractivity contribution in [3.05, 3.63) is 36.7 Å². The average molecular weight is 377 g/mol. The number of anilines is 2. The van der Waals surface area contributed by atoms with Crippen molar-refractivity contribution in [2.45, 2.75) is 20.3 Å². The van der Waals surface area contributed by atoms with E-state index in [1.807, 2.05) is 49.5 Å². The van der Waals surface area contributed by atoms with Crippen LogP contribution in [0.2, 0.25) is 0 Å². The van der Waals surface area contributed by atoms with E-state index in [0.29, 0.717) is 19.0 Å². The van der Waals surface area contributed by atoms with Crippen molar-refractivity contribution >= 4 is 34.9 Å². The van der Waals surface area contributed by atoms with E-state index >= 15 is 0 Å². The Kier molecular flexibility index (Phi) is 4.92. The Balaban J connectivity index is 1.76. The van der Waals surface area contributed by atoms with E-state index in [2.05, 4.69) is 31.4 Å². The Labute approximate surface area is 163 Å². The highest BCUT2D eigenvalue weighted by Crippen LogP contribution is 2.33. The molecule has 8 heteroatoms. The molecule has 0 saturated carbocycles. The van der Waals surface area contributed by atoms with Crippen molar-refractivity contribution in [2.24, 2.45) is 5.10 Å². The van der Waals surface area contributed by atoms with Gasteiger partial charge in [0, 0.05) is 50.2 Å². The number of imidazole rings is 1. The number of nitrogens with zero attached hydrogens (tertiary/aromatic N) is 5. The molecule has 4 rings (SSSR count). The SMILES string of the molecule is CCN(CC)C(=O)Nc1nc2cc(-c3cccnc3)cc(N3CCC=N3)c2[nH]1. The molecule has 1 aliphatic heterocycles. The molecule has 8 nitrogen and oxygen atoms in total. The summed E-state index contributed by atoms with van der Waals surface area (Å²) in [6, 6.07) is 7.83. The predicted molar refractivity (Wildman–Crippen MR) is 112 cm³/mol. The number of hydrazone groups is 1. The second-order valence-corrected chi connectivity index (χ2v) is 6.53. The monoisotopic (exact) mass is 377 g/mol. The van der Waals surface area contributed by atoms with Gasteiger partial charge in [-0.05, 0) is 37.6 Å². The lowest BCUT2D eigenvalue weighted by molar-refractivity contribution is 0.217. The van der Waals surface area contributed by atoms with Crippen molar-refractivity contribution in [1.82, 2.24) is 19.9 Å². The number of amides is 2. The standard InChI is InChI=1S/C20H23N7O/c1-3-26(4-2)20(28)25-19-23-16-11-15(14-7-5-8-21-13-14)12-17(18(16)24-19)27-10-6-9-22-27/h5,7-9,11-13H,3-4,6,10H2,1-2H3,(H2,23,24,25,28). The number of benzene rings is 1. The summed E-state index contributed by atoms with van der Waals surface area (Å²) in [5, 5.41) is 9.28. The number of aromatic nitrogens is 3. The molecule has 2 amide bonds. The fourth-order valence-corrected chi connectivity index (χ4v) is 3.33. The molecule has 1 aromatic carbocycles. The summed E-state index contributed by atoms with van der Waals surface area (Å²) >= 11 is 0. The Bertz CT molecular complexity index is 1010. The molecule has 28 heavy (non-hydrogen) atoms. The van der Waals surface area contributed by atoms with E-state index < -0.39 is 0 Å². The zero-order chi connectivity index (χ0) is 19.5. The summed E-state index contributed by atoms with van der Waals surface area (Å²) in [5.74, 6) is 0.430. The summed E-state index contributed by atoms with van der Waals surface area (Å²) in [6.45, 7) is 5.99. The number of hydrogen-bond donors (Lipinski definition) is 2. The van der Waals surface area contributed by atoms with Crippen LogP contribution in [-0.4, -0.2) is 51.7 Å². The van der Waals surface area contributed by atoms with Crippen LogP contribution in [-0.2, 0) is 0 Å². The van der Waals surface area contributed by atoms with Crippen LogP contribution < -0.4 is 10.3 Å². The molecule has 2 N–H and O–H groups in total.